The number of nitrogens with zero attached hydrogens (tertiary/aromatic N) is 5. The molecule has 2 fully saturated rings. The van der Waals surface area contributed by atoms with E-state index < -0.39 is 0 Å². The molecule has 3 N–H and O–H groups in total. The molecule has 2 aliphatic rings. The summed E-state index contributed by atoms with van der Waals surface area (Å²) in [5, 5.41) is 9.34. The molecule has 0 bridgehead atoms. The van der Waals surface area contributed by atoms with Gasteiger partial charge in [0.2, 0.25) is 18.3 Å². The lowest BCUT2D eigenvalue weighted by molar-refractivity contribution is -0.120. The van der Waals surface area contributed by atoms with Crippen molar-refractivity contribution in [2.24, 2.45) is 0 Å². The summed E-state index contributed by atoms with van der Waals surface area (Å²) in [4.78, 5) is 41.8. The SMILES string of the molecule is CCNC(=O)CCc1cnc(Nc2ccc(N3CCNCC3)cn2)nc1N(C=O)C1CCCC1. The van der Waals surface area contributed by atoms with Gasteiger partial charge in [0.25, 0.3) is 0 Å². The fourth-order valence-corrected chi connectivity index (χ4v) is 4.57. The third-order valence-corrected chi connectivity index (χ3v) is 6.38. The molecule has 2 amide bonds. The smallest absolute Gasteiger partial charge is 0.230 e. The van der Waals surface area contributed by atoms with Gasteiger partial charge in [0.1, 0.15) is 11.6 Å². The van der Waals surface area contributed by atoms with E-state index in [2.05, 4.69) is 30.8 Å². The molecule has 0 atom stereocenters. The predicted molar refractivity (Wildman–Crippen MR) is 132 cm³/mol. The molecule has 4 rings (SSSR count). The zero-order chi connectivity index (χ0) is 23.8. The van der Waals surface area contributed by atoms with E-state index in [1.54, 1.807) is 11.1 Å². The minimum Gasteiger partial charge on any atom is -0.368 e. The Morgan fingerprint density at radius 1 is 1.21 bits per heavy atom. The minimum absolute atomic E-state index is 0.0250. The van der Waals surface area contributed by atoms with Crippen molar-refractivity contribution in [2.75, 3.05) is 47.8 Å². The summed E-state index contributed by atoms with van der Waals surface area (Å²) in [5.74, 6) is 1.56. The summed E-state index contributed by atoms with van der Waals surface area (Å²) >= 11 is 0. The van der Waals surface area contributed by atoms with Gasteiger partial charge in [-0.25, -0.2) is 9.97 Å². The van der Waals surface area contributed by atoms with Gasteiger partial charge in [0.05, 0.1) is 11.9 Å². The van der Waals surface area contributed by atoms with E-state index in [1.807, 2.05) is 25.3 Å². The van der Waals surface area contributed by atoms with Crippen molar-refractivity contribution in [1.82, 2.24) is 25.6 Å². The van der Waals surface area contributed by atoms with E-state index in [-0.39, 0.29) is 11.9 Å². The Morgan fingerprint density at radius 3 is 2.68 bits per heavy atom. The highest BCUT2D eigenvalue weighted by Crippen LogP contribution is 2.29. The first kappa shape index (κ1) is 23.9. The fourth-order valence-electron chi connectivity index (χ4n) is 4.57. The van der Waals surface area contributed by atoms with Gasteiger partial charge in [-0.3, -0.25) is 14.5 Å². The number of carbonyl (C=O) groups excluding carboxylic acids is 2. The molecule has 0 unspecified atom stereocenters. The molecule has 34 heavy (non-hydrogen) atoms. The van der Waals surface area contributed by atoms with Crippen LogP contribution in [0.25, 0.3) is 0 Å². The van der Waals surface area contributed by atoms with Crippen molar-refractivity contribution in [3.05, 3.63) is 30.1 Å². The first-order valence-corrected chi connectivity index (χ1v) is 12.2. The molecular weight excluding hydrogens is 432 g/mol. The summed E-state index contributed by atoms with van der Waals surface area (Å²) in [5.41, 5.74) is 1.88. The van der Waals surface area contributed by atoms with Crippen molar-refractivity contribution < 1.29 is 9.59 Å². The average Bonchev–Trinajstić information content (AvgIpc) is 3.40. The Bertz CT molecular complexity index is 956. The van der Waals surface area contributed by atoms with Crippen LogP contribution in [-0.2, 0) is 16.0 Å². The predicted octanol–water partition coefficient (Wildman–Crippen LogP) is 2.00. The summed E-state index contributed by atoms with van der Waals surface area (Å²) in [7, 11) is 0. The van der Waals surface area contributed by atoms with Gasteiger partial charge < -0.3 is 20.9 Å². The largest absolute Gasteiger partial charge is 0.368 e. The van der Waals surface area contributed by atoms with Crippen LogP contribution in [0.1, 0.15) is 44.6 Å². The second-order valence-electron chi connectivity index (χ2n) is 8.71. The van der Waals surface area contributed by atoms with Gasteiger partial charge in [-0.2, -0.15) is 4.98 Å². The van der Waals surface area contributed by atoms with Crippen LogP contribution in [0.2, 0.25) is 0 Å². The number of hydrogen-bond acceptors (Lipinski definition) is 8. The number of nitrogens with one attached hydrogen (secondary N) is 3. The van der Waals surface area contributed by atoms with Gasteiger partial charge in [0, 0.05) is 56.9 Å². The maximum atomic E-state index is 12.1. The van der Waals surface area contributed by atoms with E-state index in [9.17, 15) is 9.59 Å². The Morgan fingerprint density at radius 2 is 2.00 bits per heavy atom. The summed E-state index contributed by atoms with van der Waals surface area (Å²) in [6, 6.07) is 4.08. The molecule has 0 aromatic carbocycles. The molecule has 0 spiro atoms. The molecule has 1 aliphatic carbocycles. The molecule has 10 nitrogen and oxygen atoms in total. The summed E-state index contributed by atoms with van der Waals surface area (Å²) in [6.45, 7) is 6.34. The van der Waals surface area contributed by atoms with Crippen LogP contribution < -0.4 is 25.8 Å². The number of anilines is 4. The first-order valence-electron chi connectivity index (χ1n) is 12.2. The van der Waals surface area contributed by atoms with Crippen molar-refractivity contribution in [3.63, 3.8) is 0 Å². The number of hydrogen-bond donors (Lipinski definition) is 3. The zero-order valence-corrected chi connectivity index (χ0v) is 19.8. The monoisotopic (exact) mass is 466 g/mol. The highest BCUT2D eigenvalue weighted by Gasteiger charge is 2.26. The molecule has 2 aromatic heterocycles. The van der Waals surface area contributed by atoms with Crippen LogP contribution in [-0.4, -0.2) is 66.0 Å². The van der Waals surface area contributed by atoms with Crippen LogP contribution in [0, 0.1) is 0 Å². The number of rotatable bonds is 10. The number of carbonyl (C=O) groups is 2. The van der Waals surface area contributed by atoms with Gasteiger partial charge in [0.15, 0.2) is 0 Å². The third-order valence-electron chi connectivity index (χ3n) is 6.38. The number of pyridine rings is 1. The van der Waals surface area contributed by atoms with Crippen molar-refractivity contribution in [1.29, 1.82) is 0 Å². The van der Waals surface area contributed by atoms with Crippen LogP contribution in [0.5, 0.6) is 0 Å². The van der Waals surface area contributed by atoms with E-state index >= 15 is 0 Å². The van der Waals surface area contributed by atoms with Crippen LogP contribution >= 0.6 is 0 Å². The lowest BCUT2D eigenvalue weighted by Gasteiger charge is -2.29. The fraction of sp³-hybridized carbons (Fsp3) is 0.542. The maximum absolute atomic E-state index is 12.1. The quantitative estimate of drug-likeness (QED) is 0.456. The molecule has 2 aromatic rings. The Hall–Kier alpha value is -3.27. The summed E-state index contributed by atoms with van der Waals surface area (Å²) in [6.07, 6.45) is 9.33. The molecule has 10 heteroatoms. The Labute approximate surface area is 200 Å². The molecule has 0 radical (unpaired) electrons. The lowest BCUT2D eigenvalue weighted by atomic mass is 10.1. The summed E-state index contributed by atoms with van der Waals surface area (Å²) < 4.78 is 0. The lowest BCUT2D eigenvalue weighted by Crippen LogP contribution is -2.43. The average molecular weight is 467 g/mol. The highest BCUT2D eigenvalue weighted by atomic mass is 16.1. The molecule has 3 heterocycles. The Balaban J connectivity index is 1.52. The molecule has 1 saturated heterocycles. The first-order chi connectivity index (χ1) is 16.7. The van der Waals surface area contributed by atoms with Crippen molar-refractivity contribution in [3.8, 4) is 0 Å². The van der Waals surface area contributed by atoms with E-state index in [4.69, 9.17) is 4.98 Å². The molecule has 1 saturated carbocycles. The van der Waals surface area contributed by atoms with Gasteiger partial charge >= 0.3 is 0 Å². The molecule has 182 valence electrons. The van der Waals surface area contributed by atoms with Crippen LogP contribution in [0.15, 0.2) is 24.5 Å². The number of amides is 2. The van der Waals surface area contributed by atoms with Gasteiger partial charge in [-0.05, 0) is 38.3 Å². The minimum atomic E-state index is -0.0250. The third kappa shape index (κ3) is 5.99. The van der Waals surface area contributed by atoms with Crippen LogP contribution in [0.3, 0.4) is 0 Å². The topological polar surface area (TPSA) is 115 Å². The van der Waals surface area contributed by atoms with Gasteiger partial charge in [-0.15, -0.1) is 0 Å². The number of piperazine rings is 1. The standard InChI is InChI=1S/C24H34N8O2/c1-2-26-22(34)10-7-18-15-28-24(30-23(18)32(17-33)19-5-3-4-6-19)29-21-9-8-20(16-27-21)31-13-11-25-12-14-31/h8-9,15-17,19,25H,2-7,10-14H2,1H3,(H,26,34)(H,27,28,29,30). The number of aryl methyl sites for hydroxylation is 1. The molecule has 1 aliphatic heterocycles. The van der Waals surface area contributed by atoms with Gasteiger partial charge in [-0.1, -0.05) is 12.8 Å². The van der Waals surface area contributed by atoms with E-state index in [0.717, 1.165) is 69.5 Å². The van der Waals surface area contributed by atoms with E-state index in [1.165, 1.54) is 0 Å². The van der Waals surface area contributed by atoms with Crippen LogP contribution in [0.4, 0.5) is 23.3 Å². The van der Waals surface area contributed by atoms with Crippen molar-refractivity contribution in [2.45, 2.75) is 51.5 Å². The normalized spacial score (nSPS) is 16.3. The number of aromatic nitrogens is 3. The second kappa shape index (κ2) is 11.7. The zero-order valence-electron chi connectivity index (χ0n) is 19.8. The highest BCUT2D eigenvalue weighted by molar-refractivity contribution is 5.78. The Kier molecular flexibility index (Phi) is 8.24. The molecular formula is C24H34N8O2. The second-order valence-corrected chi connectivity index (χ2v) is 8.71. The van der Waals surface area contributed by atoms with E-state index in [0.29, 0.717) is 37.0 Å². The maximum Gasteiger partial charge on any atom is 0.230 e. The van der Waals surface area contributed by atoms with Crippen molar-refractivity contribution >= 4 is 35.6 Å².